The van der Waals surface area contributed by atoms with E-state index in [2.05, 4.69) is 15.9 Å². The molecule has 1 heterocycles. The highest BCUT2D eigenvalue weighted by molar-refractivity contribution is 9.10. The number of carbonyl (C=O) groups is 1. The third-order valence-corrected chi connectivity index (χ3v) is 3.63. The van der Waals surface area contributed by atoms with Gasteiger partial charge < -0.3 is 5.11 Å². The second kappa shape index (κ2) is 3.12. The van der Waals surface area contributed by atoms with Gasteiger partial charge in [-0.25, -0.2) is 0 Å². The highest BCUT2D eigenvalue weighted by Crippen LogP contribution is 2.37. The molecule has 0 spiro atoms. The predicted molar refractivity (Wildman–Crippen MR) is 56.6 cm³/mol. The first kappa shape index (κ1) is 8.72. The molecule has 2 aromatic rings. The van der Waals surface area contributed by atoms with Crippen LogP contribution in [0.2, 0.25) is 0 Å². The summed E-state index contributed by atoms with van der Waals surface area (Å²) in [6, 6.07) is 3.23. The molecule has 0 aliphatic rings. The van der Waals surface area contributed by atoms with Crippen molar-refractivity contribution in [2.45, 2.75) is 0 Å². The van der Waals surface area contributed by atoms with Gasteiger partial charge in [0.1, 0.15) is 12.0 Å². The standard InChI is InChI=1S/C9H5BrO2S/c10-6-4-13-8-2-5(3-11)1-7(12)9(6)8/h1-4,12H. The number of aromatic hydroxyl groups is 1. The van der Waals surface area contributed by atoms with Crippen LogP contribution in [0.5, 0.6) is 5.75 Å². The quantitative estimate of drug-likeness (QED) is 0.796. The monoisotopic (exact) mass is 256 g/mol. The number of hydrogen-bond donors (Lipinski definition) is 1. The van der Waals surface area contributed by atoms with Crippen LogP contribution in [0.4, 0.5) is 0 Å². The summed E-state index contributed by atoms with van der Waals surface area (Å²) in [7, 11) is 0. The van der Waals surface area contributed by atoms with Gasteiger partial charge in [-0.05, 0) is 28.1 Å². The Hall–Kier alpha value is -0.870. The molecule has 1 aromatic heterocycles. The van der Waals surface area contributed by atoms with Crippen molar-refractivity contribution >= 4 is 43.6 Å². The Balaban J connectivity index is 2.86. The van der Waals surface area contributed by atoms with Crippen molar-refractivity contribution in [1.82, 2.24) is 0 Å². The smallest absolute Gasteiger partial charge is 0.150 e. The van der Waals surface area contributed by atoms with E-state index in [1.807, 2.05) is 5.38 Å². The van der Waals surface area contributed by atoms with Gasteiger partial charge >= 0.3 is 0 Å². The number of phenolic OH excluding ortho intramolecular Hbond substituents is 1. The van der Waals surface area contributed by atoms with E-state index < -0.39 is 0 Å². The molecule has 2 nitrogen and oxygen atoms in total. The fourth-order valence-electron chi connectivity index (χ4n) is 1.20. The third kappa shape index (κ3) is 1.36. The number of phenols is 1. The minimum Gasteiger partial charge on any atom is -0.507 e. The molecule has 13 heavy (non-hydrogen) atoms. The molecule has 0 aliphatic carbocycles. The molecule has 0 radical (unpaired) electrons. The fraction of sp³-hybridized carbons (Fsp3) is 0. The van der Waals surface area contributed by atoms with Gasteiger partial charge in [-0.3, -0.25) is 4.79 Å². The first-order valence-electron chi connectivity index (χ1n) is 3.57. The number of carbonyl (C=O) groups excluding carboxylic acids is 1. The number of benzene rings is 1. The molecule has 66 valence electrons. The highest BCUT2D eigenvalue weighted by atomic mass is 79.9. The summed E-state index contributed by atoms with van der Waals surface area (Å²) in [6.07, 6.45) is 0.729. The van der Waals surface area contributed by atoms with Crippen LogP contribution in [-0.4, -0.2) is 11.4 Å². The van der Waals surface area contributed by atoms with Crippen LogP contribution in [0, 0.1) is 0 Å². The predicted octanol–water partition coefficient (Wildman–Crippen LogP) is 3.18. The van der Waals surface area contributed by atoms with E-state index in [0.717, 1.165) is 20.8 Å². The van der Waals surface area contributed by atoms with Crippen molar-refractivity contribution < 1.29 is 9.90 Å². The first-order chi connectivity index (χ1) is 6.22. The van der Waals surface area contributed by atoms with E-state index >= 15 is 0 Å². The Morgan fingerprint density at radius 3 is 2.92 bits per heavy atom. The first-order valence-corrected chi connectivity index (χ1v) is 5.24. The molecule has 0 atom stereocenters. The minimum absolute atomic E-state index is 0.146. The van der Waals surface area contributed by atoms with Crippen molar-refractivity contribution in [1.29, 1.82) is 0 Å². The highest BCUT2D eigenvalue weighted by Gasteiger charge is 2.07. The second-order valence-corrected chi connectivity index (χ2v) is 4.38. The molecular weight excluding hydrogens is 252 g/mol. The number of fused-ring (bicyclic) bond motifs is 1. The molecule has 4 heteroatoms. The lowest BCUT2D eigenvalue weighted by Gasteiger charge is -1.97. The molecule has 0 saturated carbocycles. The lowest BCUT2D eigenvalue weighted by Crippen LogP contribution is -1.78. The van der Waals surface area contributed by atoms with E-state index in [4.69, 9.17) is 0 Å². The lowest BCUT2D eigenvalue weighted by molar-refractivity contribution is 0.112. The molecule has 1 aromatic carbocycles. The summed E-state index contributed by atoms with van der Waals surface area (Å²) < 4.78 is 1.77. The molecule has 0 bridgehead atoms. The summed E-state index contributed by atoms with van der Waals surface area (Å²) in [5, 5.41) is 12.2. The molecule has 1 N–H and O–H groups in total. The van der Waals surface area contributed by atoms with E-state index in [0.29, 0.717) is 5.56 Å². The van der Waals surface area contributed by atoms with Crippen LogP contribution in [0.15, 0.2) is 22.0 Å². The average molecular weight is 257 g/mol. The van der Waals surface area contributed by atoms with Gasteiger partial charge in [-0.15, -0.1) is 11.3 Å². The topological polar surface area (TPSA) is 37.3 Å². The van der Waals surface area contributed by atoms with Crippen LogP contribution < -0.4 is 0 Å². The van der Waals surface area contributed by atoms with Crippen LogP contribution >= 0.6 is 27.3 Å². The molecule has 0 aliphatic heterocycles. The average Bonchev–Trinajstić information content (AvgIpc) is 2.48. The van der Waals surface area contributed by atoms with E-state index in [9.17, 15) is 9.90 Å². The Kier molecular flexibility index (Phi) is 2.09. The van der Waals surface area contributed by atoms with Gasteiger partial charge in [0, 0.05) is 25.5 Å². The van der Waals surface area contributed by atoms with E-state index in [1.165, 1.54) is 17.4 Å². The summed E-state index contributed by atoms with van der Waals surface area (Å²) >= 11 is 4.82. The SMILES string of the molecule is O=Cc1cc(O)c2c(Br)csc2c1. The number of hydrogen-bond acceptors (Lipinski definition) is 3. The molecule has 2 rings (SSSR count). The largest absolute Gasteiger partial charge is 0.507 e. The van der Waals surface area contributed by atoms with Gasteiger partial charge in [-0.1, -0.05) is 0 Å². The molecule has 0 saturated heterocycles. The summed E-state index contributed by atoms with van der Waals surface area (Å²) in [6.45, 7) is 0. The zero-order valence-electron chi connectivity index (χ0n) is 6.45. The van der Waals surface area contributed by atoms with Gasteiger partial charge in [0.15, 0.2) is 0 Å². The Morgan fingerprint density at radius 2 is 2.23 bits per heavy atom. The van der Waals surface area contributed by atoms with Crippen molar-refractivity contribution in [2.24, 2.45) is 0 Å². The number of halogens is 1. The van der Waals surface area contributed by atoms with Crippen molar-refractivity contribution in [3.63, 3.8) is 0 Å². The maximum Gasteiger partial charge on any atom is 0.150 e. The van der Waals surface area contributed by atoms with Crippen LogP contribution in [0.1, 0.15) is 10.4 Å². The Labute approximate surface area is 86.9 Å². The summed E-state index contributed by atoms with van der Waals surface area (Å²) in [5.74, 6) is 0.146. The minimum atomic E-state index is 0.146. The Bertz CT molecular complexity index is 476. The molecule has 0 fully saturated rings. The van der Waals surface area contributed by atoms with Crippen molar-refractivity contribution in [3.05, 3.63) is 27.5 Å². The van der Waals surface area contributed by atoms with Gasteiger partial charge in [0.25, 0.3) is 0 Å². The lowest BCUT2D eigenvalue weighted by atomic mass is 10.2. The van der Waals surface area contributed by atoms with Crippen LogP contribution in [0.25, 0.3) is 10.1 Å². The second-order valence-electron chi connectivity index (χ2n) is 2.61. The Morgan fingerprint density at radius 1 is 1.46 bits per heavy atom. The summed E-state index contributed by atoms with van der Waals surface area (Å²) in [5.41, 5.74) is 0.499. The maximum atomic E-state index is 10.5. The number of thiophene rings is 1. The number of aldehydes is 1. The van der Waals surface area contributed by atoms with Crippen molar-refractivity contribution in [3.8, 4) is 5.75 Å². The molecule has 0 amide bonds. The normalized spacial score (nSPS) is 10.5. The van der Waals surface area contributed by atoms with Crippen LogP contribution in [-0.2, 0) is 0 Å². The summed E-state index contributed by atoms with van der Waals surface area (Å²) in [4.78, 5) is 10.5. The van der Waals surface area contributed by atoms with E-state index in [1.54, 1.807) is 6.07 Å². The third-order valence-electron chi connectivity index (χ3n) is 1.77. The molecule has 0 unspecified atom stereocenters. The van der Waals surface area contributed by atoms with Gasteiger partial charge in [0.2, 0.25) is 0 Å². The maximum absolute atomic E-state index is 10.5. The van der Waals surface area contributed by atoms with E-state index in [-0.39, 0.29) is 5.75 Å². The zero-order valence-corrected chi connectivity index (χ0v) is 8.85. The van der Waals surface area contributed by atoms with Crippen LogP contribution in [0.3, 0.4) is 0 Å². The molecular formula is C9H5BrO2S. The zero-order chi connectivity index (χ0) is 9.42. The van der Waals surface area contributed by atoms with Crippen molar-refractivity contribution in [2.75, 3.05) is 0 Å². The number of rotatable bonds is 1. The van der Waals surface area contributed by atoms with Gasteiger partial charge in [0.05, 0.1) is 0 Å². The van der Waals surface area contributed by atoms with Gasteiger partial charge in [-0.2, -0.15) is 0 Å². The fourth-order valence-corrected chi connectivity index (χ4v) is 2.91.